The molecule has 0 saturated heterocycles. The second kappa shape index (κ2) is 3.47. The zero-order valence-electron chi connectivity index (χ0n) is 5.72. The standard InChI is InChI=1S/C7H10FNO/c8-6-1-3-7(4-2-6)9-5-10/h6-7H,1-4H2. The average molecular weight is 143 g/mol. The maximum Gasteiger partial charge on any atom is 0.235 e. The van der Waals surface area contributed by atoms with Crippen LogP contribution < -0.4 is 0 Å². The highest BCUT2D eigenvalue weighted by atomic mass is 19.1. The minimum absolute atomic E-state index is 0.0458. The second-order valence-corrected chi connectivity index (χ2v) is 2.63. The van der Waals surface area contributed by atoms with Gasteiger partial charge in [-0.15, -0.1) is 0 Å². The van der Waals surface area contributed by atoms with Crippen molar-refractivity contribution in [2.24, 2.45) is 4.99 Å². The first kappa shape index (κ1) is 7.42. The van der Waals surface area contributed by atoms with Crippen LogP contribution in [-0.2, 0) is 4.79 Å². The van der Waals surface area contributed by atoms with E-state index >= 15 is 0 Å². The fourth-order valence-electron chi connectivity index (χ4n) is 1.24. The van der Waals surface area contributed by atoms with Crippen LogP contribution in [0.15, 0.2) is 4.99 Å². The molecule has 56 valence electrons. The Kier molecular flexibility index (Phi) is 2.57. The monoisotopic (exact) mass is 143 g/mol. The first-order chi connectivity index (χ1) is 4.83. The summed E-state index contributed by atoms with van der Waals surface area (Å²) in [5, 5.41) is 0. The van der Waals surface area contributed by atoms with Gasteiger partial charge in [0, 0.05) is 0 Å². The van der Waals surface area contributed by atoms with Crippen LogP contribution >= 0.6 is 0 Å². The van der Waals surface area contributed by atoms with E-state index in [9.17, 15) is 9.18 Å². The third-order valence-electron chi connectivity index (χ3n) is 1.86. The van der Waals surface area contributed by atoms with Crippen molar-refractivity contribution in [2.75, 3.05) is 0 Å². The van der Waals surface area contributed by atoms with E-state index in [-0.39, 0.29) is 6.04 Å². The fourth-order valence-corrected chi connectivity index (χ4v) is 1.24. The van der Waals surface area contributed by atoms with Gasteiger partial charge in [0.05, 0.1) is 6.04 Å². The van der Waals surface area contributed by atoms with E-state index in [0.29, 0.717) is 25.7 Å². The highest BCUT2D eigenvalue weighted by Gasteiger charge is 2.19. The molecule has 0 atom stereocenters. The van der Waals surface area contributed by atoms with Crippen molar-refractivity contribution >= 4 is 6.08 Å². The molecule has 0 radical (unpaired) electrons. The summed E-state index contributed by atoms with van der Waals surface area (Å²) in [4.78, 5) is 13.3. The van der Waals surface area contributed by atoms with Crippen molar-refractivity contribution in [1.29, 1.82) is 0 Å². The number of rotatable bonds is 1. The molecule has 0 aromatic rings. The fraction of sp³-hybridized carbons (Fsp3) is 0.857. The molecule has 10 heavy (non-hydrogen) atoms. The lowest BCUT2D eigenvalue weighted by Crippen LogP contribution is -2.17. The average Bonchev–Trinajstić information content (AvgIpc) is 1.95. The lowest BCUT2D eigenvalue weighted by Gasteiger charge is -2.18. The second-order valence-electron chi connectivity index (χ2n) is 2.63. The summed E-state index contributed by atoms with van der Waals surface area (Å²) in [7, 11) is 0. The van der Waals surface area contributed by atoms with E-state index in [1.807, 2.05) is 0 Å². The van der Waals surface area contributed by atoms with Crippen molar-refractivity contribution in [3.05, 3.63) is 0 Å². The van der Waals surface area contributed by atoms with Crippen LogP contribution in [-0.4, -0.2) is 18.3 Å². The van der Waals surface area contributed by atoms with Gasteiger partial charge < -0.3 is 0 Å². The Hall–Kier alpha value is -0.690. The van der Waals surface area contributed by atoms with Gasteiger partial charge in [-0.05, 0) is 25.7 Å². The van der Waals surface area contributed by atoms with Crippen molar-refractivity contribution in [3.63, 3.8) is 0 Å². The lowest BCUT2D eigenvalue weighted by atomic mass is 9.95. The molecule has 0 aliphatic heterocycles. The number of alkyl halides is 1. The van der Waals surface area contributed by atoms with E-state index in [1.54, 1.807) is 0 Å². The molecule has 0 amide bonds. The maximum atomic E-state index is 12.5. The highest BCUT2D eigenvalue weighted by Crippen LogP contribution is 2.22. The molecule has 0 bridgehead atoms. The van der Waals surface area contributed by atoms with Crippen molar-refractivity contribution < 1.29 is 9.18 Å². The predicted molar refractivity (Wildman–Crippen MR) is 35.3 cm³/mol. The molecule has 0 aromatic heterocycles. The third kappa shape index (κ3) is 1.92. The van der Waals surface area contributed by atoms with Gasteiger partial charge >= 0.3 is 0 Å². The normalized spacial score (nSPS) is 32.9. The molecule has 1 saturated carbocycles. The van der Waals surface area contributed by atoms with E-state index in [4.69, 9.17) is 0 Å². The quantitative estimate of drug-likeness (QED) is 0.405. The summed E-state index contributed by atoms with van der Waals surface area (Å²) in [6.45, 7) is 0. The largest absolute Gasteiger partial charge is 0.247 e. The smallest absolute Gasteiger partial charge is 0.235 e. The molecular formula is C7H10FNO. The molecule has 0 unspecified atom stereocenters. The zero-order chi connectivity index (χ0) is 7.40. The molecule has 1 rings (SSSR count). The number of hydrogen-bond donors (Lipinski definition) is 0. The number of carbonyl (C=O) groups excluding carboxylic acids is 1. The minimum Gasteiger partial charge on any atom is -0.247 e. The molecule has 3 heteroatoms. The van der Waals surface area contributed by atoms with Gasteiger partial charge in [-0.25, -0.2) is 14.2 Å². The van der Waals surface area contributed by atoms with Crippen LogP contribution in [0.2, 0.25) is 0 Å². The van der Waals surface area contributed by atoms with E-state index < -0.39 is 6.17 Å². The summed E-state index contributed by atoms with van der Waals surface area (Å²) in [6.07, 6.45) is 3.35. The van der Waals surface area contributed by atoms with Gasteiger partial charge in [-0.3, -0.25) is 0 Å². The van der Waals surface area contributed by atoms with Crippen LogP contribution in [0.1, 0.15) is 25.7 Å². The Bertz CT molecular complexity index is 146. The van der Waals surface area contributed by atoms with Crippen LogP contribution in [0.4, 0.5) is 4.39 Å². The number of isocyanates is 1. The lowest BCUT2D eigenvalue weighted by molar-refractivity contribution is 0.236. The minimum atomic E-state index is -0.668. The van der Waals surface area contributed by atoms with Gasteiger partial charge in [0.25, 0.3) is 0 Å². The number of hydrogen-bond acceptors (Lipinski definition) is 2. The molecule has 2 nitrogen and oxygen atoms in total. The van der Waals surface area contributed by atoms with E-state index in [1.165, 1.54) is 6.08 Å². The van der Waals surface area contributed by atoms with Crippen molar-refractivity contribution in [1.82, 2.24) is 0 Å². The van der Waals surface area contributed by atoms with Gasteiger partial charge in [0.15, 0.2) is 0 Å². The van der Waals surface area contributed by atoms with Crippen LogP contribution in [0.5, 0.6) is 0 Å². The molecule has 1 aliphatic carbocycles. The Labute approximate surface area is 59.1 Å². The molecule has 1 aliphatic rings. The summed E-state index contributed by atoms with van der Waals surface area (Å²) in [5.74, 6) is 0. The third-order valence-corrected chi connectivity index (χ3v) is 1.86. The SMILES string of the molecule is O=C=NC1CCC(F)CC1. The van der Waals surface area contributed by atoms with Crippen molar-refractivity contribution in [3.8, 4) is 0 Å². The maximum absolute atomic E-state index is 12.5. The molecule has 0 spiro atoms. The first-order valence-electron chi connectivity index (χ1n) is 3.54. The topological polar surface area (TPSA) is 29.4 Å². The summed E-state index contributed by atoms with van der Waals surface area (Å²) in [5.41, 5.74) is 0. The van der Waals surface area contributed by atoms with E-state index in [0.717, 1.165) is 0 Å². The summed E-state index contributed by atoms with van der Waals surface area (Å²) in [6, 6.07) is 0.0458. The van der Waals surface area contributed by atoms with Gasteiger partial charge in [0.1, 0.15) is 6.17 Å². The van der Waals surface area contributed by atoms with Crippen LogP contribution in [0.25, 0.3) is 0 Å². The Morgan fingerprint density at radius 1 is 1.30 bits per heavy atom. The van der Waals surface area contributed by atoms with Gasteiger partial charge in [0.2, 0.25) is 6.08 Å². The van der Waals surface area contributed by atoms with Gasteiger partial charge in [-0.1, -0.05) is 0 Å². The molecule has 1 fully saturated rings. The Morgan fingerprint density at radius 2 is 1.90 bits per heavy atom. The zero-order valence-corrected chi connectivity index (χ0v) is 5.72. The Morgan fingerprint density at radius 3 is 2.40 bits per heavy atom. The number of aliphatic imine (C=N–C) groups is 1. The highest BCUT2D eigenvalue weighted by molar-refractivity contribution is 5.33. The number of nitrogens with zero attached hydrogens (tertiary/aromatic N) is 1. The molecule has 0 N–H and O–H groups in total. The summed E-state index contributed by atoms with van der Waals surface area (Å²) >= 11 is 0. The van der Waals surface area contributed by atoms with Crippen LogP contribution in [0, 0.1) is 0 Å². The first-order valence-corrected chi connectivity index (χ1v) is 3.54. The Balaban J connectivity index is 2.32. The summed E-state index contributed by atoms with van der Waals surface area (Å²) < 4.78 is 12.5. The van der Waals surface area contributed by atoms with Crippen molar-refractivity contribution in [2.45, 2.75) is 37.9 Å². The molecular weight excluding hydrogens is 133 g/mol. The van der Waals surface area contributed by atoms with Gasteiger partial charge in [-0.2, -0.15) is 0 Å². The molecule has 0 aromatic carbocycles. The number of halogens is 1. The molecule has 0 heterocycles. The van der Waals surface area contributed by atoms with E-state index in [2.05, 4.69) is 4.99 Å². The predicted octanol–water partition coefficient (Wildman–Crippen LogP) is 1.60. The van der Waals surface area contributed by atoms with Crippen LogP contribution in [0.3, 0.4) is 0 Å².